The predicted molar refractivity (Wildman–Crippen MR) is 193 cm³/mol. The van der Waals surface area contributed by atoms with Gasteiger partial charge in [-0.05, 0) is 124 Å². The normalized spacial score (nSPS) is 16.6. The molecule has 0 radical (unpaired) electrons. The van der Waals surface area contributed by atoms with E-state index in [1.807, 2.05) is 0 Å². The zero-order valence-corrected chi connectivity index (χ0v) is 30.3. The lowest BCUT2D eigenvalue weighted by molar-refractivity contribution is -0.141. The maximum Gasteiger partial charge on any atom is 0.305 e. The molecule has 8 nitrogen and oxygen atoms in total. The molecular weight excluding hydrogens is 635 g/mol. The second kappa shape index (κ2) is 16.0. The van der Waals surface area contributed by atoms with Crippen molar-refractivity contribution < 1.29 is 19.1 Å². The maximum atomic E-state index is 12.2. The minimum atomic E-state index is -0.273. The van der Waals surface area contributed by atoms with Gasteiger partial charge in [0.25, 0.3) is 0 Å². The smallest absolute Gasteiger partial charge is 0.305 e. The van der Waals surface area contributed by atoms with Crippen molar-refractivity contribution in [2.75, 3.05) is 26.0 Å². The van der Waals surface area contributed by atoms with E-state index in [1.165, 1.54) is 30.9 Å². The number of carbonyl (C=O) groups is 2. The lowest BCUT2D eigenvalue weighted by Gasteiger charge is -2.11. The molecule has 0 bridgehead atoms. The van der Waals surface area contributed by atoms with Gasteiger partial charge in [-0.25, -0.2) is 0 Å². The molecule has 0 amide bonds. The van der Waals surface area contributed by atoms with E-state index in [4.69, 9.17) is 42.7 Å². The number of halogens is 2. The zero-order valence-electron chi connectivity index (χ0n) is 28.8. The Labute approximate surface area is 288 Å². The molecule has 0 aliphatic carbocycles. The number of esters is 2. The zero-order chi connectivity index (χ0) is 34.4. The molecule has 2 N–H and O–H groups in total. The third-order valence-electron chi connectivity index (χ3n) is 9.37. The Morgan fingerprint density at radius 1 is 0.660 bits per heavy atom. The first-order valence-electron chi connectivity index (χ1n) is 16.0. The number of hydrogen-bond acceptors (Lipinski definition) is 6. The standard InChI is InChI=1S/C37H46Cl2N4O4/c1-20-24(5)40-33(29(20)14-16-39)18-32-23(4)28(10-12-37(45)47-8)35(43-32)19-34-27(9-11-36(44)46-7)22(3)31(42-34)17-30-21(2)26(13-15-38)25(6)41-30/h17-18,40-41H,9-16,19H2,1-8H3/b31-17-,32-18-. The molecule has 0 unspecified atom stereocenters. The van der Waals surface area contributed by atoms with Crippen molar-refractivity contribution in [2.24, 2.45) is 9.98 Å². The minimum Gasteiger partial charge on any atom is -0.469 e. The number of alkyl halides is 2. The topological polar surface area (TPSA) is 109 Å². The number of aromatic amines is 2. The van der Waals surface area contributed by atoms with Crippen molar-refractivity contribution in [3.8, 4) is 0 Å². The fourth-order valence-electron chi connectivity index (χ4n) is 6.43. The lowest BCUT2D eigenvalue weighted by atomic mass is 9.92. The number of hydrogen-bond donors (Lipinski definition) is 2. The summed E-state index contributed by atoms with van der Waals surface area (Å²) in [5.74, 6) is 0.527. The van der Waals surface area contributed by atoms with E-state index in [-0.39, 0.29) is 24.8 Å². The van der Waals surface area contributed by atoms with E-state index in [1.54, 1.807) is 0 Å². The molecule has 0 fully saturated rings. The molecule has 2 aromatic heterocycles. The van der Waals surface area contributed by atoms with Crippen LogP contribution in [0.5, 0.6) is 0 Å². The number of aromatic nitrogens is 2. The summed E-state index contributed by atoms with van der Waals surface area (Å²) in [6.45, 7) is 12.4. The Morgan fingerprint density at radius 3 is 1.62 bits per heavy atom. The number of nitrogens with one attached hydrogen (secondary N) is 2. The van der Waals surface area contributed by atoms with Crippen molar-refractivity contribution in [1.82, 2.24) is 9.97 Å². The van der Waals surface area contributed by atoms with Crippen LogP contribution in [0.4, 0.5) is 0 Å². The van der Waals surface area contributed by atoms with Gasteiger partial charge in [-0.3, -0.25) is 19.6 Å². The molecule has 0 saturated carbocycles. The number of methoxy groups -OCH3 is 2. The molecule has 0 aromatic carbocycles. The van der Waals surface area contributed by atoms with Gasteiger partial charge in [0.15, 0.2) is 0 Å². The van der Waals surface area contributed by atoms with Crippen molar-refractivity contribution in [3.63, 3.8) is 0 Å². The lowest BCUT2D eigenvalue weighted by Crippen LogP contribution is -2.13. The molecule has 2 aliphatic rings. The summed E-state index contributed by atoms with van der Waals surface area (Å²) in [4.78, 5) is 41.8. The second-order valence-corrected chi connectivity index (χ2v) is 12.9. The molecule has 4 heterocycles. The average molecular weight is 682 g/mol. The Balaban J connectivity index is 1.78. The van der Waals surface area contributed by atoms with Gasteiger partial charge in [0, 0.05) is 53.8 Å². The Morgan fingerprint density at radius 2 is 1.13 bits per heavy atom. The average Bonchev–Trinajstić information content (AvgIpc) is 3.69. The molecule has 2 aromatic rings. The highest BCUT2D eigenvalue weighted by molar-refractivity contribution is 6.21. The summed E-state index contributed by atoms with van der Waals surface area (Å²) >= 11 is 12.2. The van der Waals surface area contributed by atoms with Gasteiger partial charge in [0.05, 0.1) is 37.0 Å². The largest absolute Gasteiger partial charge is 0.469 e. The highest BCUT2D eigenvalue weighted by atomic mass is 35.5. The molecule has 0 saturated heterocycles. The Bertz CT molecular complexity index is 1750. The van der Waals surface area contributed by atoms with Crippen LogP contribution in [0.2, 0.25) is 0 Å². The monoisotopic (exact) mass is 680 g/mol. The first-order valence-corrected chi connectivity index (χ1v) is 17.1. The van der Waals surface area contributed by atoms with E-state index in [9.17, 15) is 9.59 Å². The summed E-state index contributed by atoms with van der Waals surface area (Å²) in [5.41, 5.74) is 16.4. The van der Waals surface area contributed by atoms with E-state index >= 15 is 0 Å². The molecule has 0 spiro atoms. The van der Waals surface area contributed by atoms with Crippen molar-refractivity contribution >= 4 is 58.7 Å². The van der Waals surface area contributed by atoms with E-state index in [2.05, 4.69) is 63.7 Å². The van der Waals surface area contributed by atoms with Crippen LogP contribution in [0.25, 0.3) is 12.2 Å². The molecule has 2 aliphatic heterocycles. The number of nitrogens with zero attached hydrogens (tertiary/aromatic N) is 2. The van der Waals surface area contributed by atoms with Gasteiger partial charge in [-0.1, -0.05) is 0 Å². The van der Waals surface area contributed by atoms with E-state index in [0.29, 0.717) is 31.0 Å². The quantitative estimate of drug-likeness (QED) is 0.154. The predicted octanol–water partition coefficient (Wildman–Crippen LogP) is 8.36. The van der Waals surface area contributed by atoms with Crippen molar-refractivity contribution in [1.29, 1.82) is 0 Å². The van der Waals surface area contributed by atoms with Crippen LogP contribution in [0.1, 0.15) is 91.0 Å². The SMILES string of the molecule is COC(=O)CCC1=C(C)/C(=C/c2[nH]c(C)c(CCCl)c2C)N=C1CC1=N/C(=C\c2[nH]c(C)c(C)c2CCCl)C(C)=C1CCC(=O)OC. The number of aryl methyl sites for hydroxylation is 2. The summed E-state index contributed by atoms with van der Waals surface area (Å²) in [6.07, 6.45) is 7.62. The second-order valence-electron chi connectivity index (χ2n) is 12.1. The van der Waals surface area contributed by atoms with Gasteiger partial charge in [0.2, 0.25) is 0 Å². The van der Waals surface area contributed by atoms with Gasteiger partial charge in [-0.15, -0.1) is 23.2 Å². The molecule has 10 heteroatoms. The van der Waals surface area contributed by atoms with E-state index in [0.717, 1.165) is 86.3 Å². The maximum absolute atomic E-state index is 12.2. The van der Waals surface area contributed by atoms with E-state index < -0.39 is 0 Å². The van der Waals surface area contributed by atoms with Crippen LogP contribution < -0.4 is 0 Å². The highest BCUT2D eigenvalue weighted by Gasteiger charge is 2.28. The van der Waals surface area contributed by atoms with Gasteiger partial charge in [0.1, 0.15) is 0 Å². The van der Waals surface area contributed by atoms with Crippen LogP contribution in [-0.2, 0) is 31.9 Å². The van der Waals surface area contributed by atoms with Gasteiger partial charge in [-0.2, -0.15) is 0 Å². The third-order valence-corrected chi connectivity index (χ3v) is 9.75. The van der Waals surface area contributed by atoms with Crippen molar-refractivity contribution in [2.45, 2.75) is 86.5 Å². The van der Waals surface area contributed by atoms with Crippen LogP contribution in [0.15, 0.2) is 43.7 Å². The summed E-state index contributed by atoms with van der Waals surface area (Å²) in [6, 6.07) is 0. The molecule has 252 valence electrons. The fourth-order valence-corrected chi connectivity index (χ4v) is 6.81. The highest BCUT2D eigenvalue weighted by Crippen LogP contribution is 2.37. The summed E-state index contributed by atoms with van der Waals surface area (Å²) < 4.78 is 9.94. The first-order chi connectivity index (χ1) is 22.4. The van der Waals surface area contributed by atoms with Gasteiger partial charge < -0.3 is 19.4 Å². The van der Waals surface area contributed by atoms with Crippen LogP contribution >= 0.6 is 23.2 Å². The minimum absolute atomic E-state index is 0.242. The fraction of sp³-hybridized carbons (Fsp3) is 0.459. The molecule has 0 atom stereocenters. The Hall–Kier alpha value is -3.62. The first kappa shape index (κ1) is 36.2. The number of carbonyl (C=O) groups excluding carboxylic acids is 2. The number of aliphatic imine (C=N–C) groups is 2. The van der Waals surface area contributed by atoms with Crippen LogP contribution in [0.3, 0.4) is 0 Å². The molecule has 4 rings (SSSR count). The molecular formula is C37H46Cl2N4O4. The van der Waals surface area contributed by atoms with Crippen LogP contribution in [0, 0.1) is 27.7 Å². The molecule has 47 heavy (non-hydrogen) atoms. The third kappa shape index (κ3) is 8.10. The van der Waals surface area contributed by atoms with Crippen LogP contribution in [-0.4, -0.2) is 59.3 Å². The number of ether oxygens (including phenoxy) is 2. The number of rotatable bonds is 14. The summed E-state index contributed by atoms with van der Waals surface area (Å²) in [7, 11) is 2.81. The number of allylic oxidation sites excluding steroid dienone is 4. The summed E-state index contributed by atoms with van der Waals surface area (Å²) in [5, 5.41) is 0. The van der Waals surface area contributed by atoms with Crippen molar-refractivity contribution in [3.05, 3.63) is 78.7 Å². The number of H-pyrrole nitrogens is 2. The van der Waals surface area contributed by atoms with Gasteiger partial charge >= 0.3 is 11.9 Å². The Kier molecular flexibility index (Phi) is 12.3.